The minimum absolute atomic E-state index is 0.0705. The maximum Gasteiger partial charge on any atom is 0.242 e. The molecule has 1 aliphatic heterocycles. The molecule has 4 heteroatoms. The summed E-state index contributed by atoms with van der Waals surface area (Å²) in [5, 5.41) is 3.20. The van der Waals surface area contributed by atoms with Crippen LogP contribution in [0.5, 0.6) is 0 Å². The molecule has 4 nitrogen and oxygen atoms in total. The molecule has 1 fully saturated rings. The zero-order valence-electron chi connectivity index (χ0n) is 16.5. The van der Waals surface area contributed by atoms with Crippen LogP contribution in [0, 0.1) is 0 Å². The summed E-state index contributed by atoms with van der Waals surface area (Å²) in [6.07, 6.45) is 2.50. The van der Waals surface area contributed by atoms with Gasteiger partial charge in [0.25, 0.3) is 0 Å². The van der Waals surface area contributed by atoms with Gasteiger partial charge in [-0.15, -0.1) is 0 Å². The summed E-state index contributed by atoms with van der Waals surface area (Å²) in [4.78, 5) is 17.8. The van der Waals surface area contributed by atoms with Crippen molar-refractivity contribution in [2.75, 3.05) is 31.1 Å². The number of carbonyl (C=O) groups excluding carboxylic acids is 1. The summed E-state index contributed by atoms with van der Waals surface area (Å²) < 4.78 is 0. The van der Waals surface area contributed by atoms with Gasteiger partial charge in [0.2, 0.25) is 5.91 Å². The number of hydrogen-bond acceptors (Lipinski definition) is 3. The van der Waals surface area contributed by atoms with E-state index in [0.29, 0.717) is 6.54 Å². The van der Waals surface area contributed by atoms with Gasteiger partial charge in [-0.1, -0.05) is 62.4 Å². The second-order valence-corrected chi connectivity index (χ2v) is 7.08. The first-order valence-electron chi connectivity index (χ1n) is 10.1. The van der Waals surface area contributed by atoms with Gasteiger partial charge in [0, 0.05) is 25.3 Å². The first kappa shape index (κ1) is 19.4. The molecule has 3 rings (SSSR count). The van der Waals surface area contributed by atoms with Crippen LogP contribution < -0.4 is 10.2 Å². The van der Waals surface area contributed by atoms with Gasteiger partial charge < -0.3 is 10.2 Å². The Morgan fingerprint density at radius 3 is 2.30 bits per heavy atom. The van der Waals surface area contributed by atoms with Crippen LogP contribution in [-0.4, -0.2) is 37.0 Å². The molecule has 0 radical (unpaired) electrons. The van der Waals surface area contributed by atoms with Crippen molar-refractivity contribution in [3.63, 3.8) is 0 Å². The van der Waals surface area contributed by atoms with Crippen LogP contribution in [-0.2, 0) is 11.3 Å². The minimum Gasteiger partial charge on any atom is -0.371 e. The molecule has 144 valence electrons. The summed E-state index contributed by atoms with van der Waals surface area (Å²) in [6, 6.07) is 18.3. The number of nitrogens with one attached hydrogen (secondary N) is 1. The summed E-state index contributed by atoms with van der Waals surface area (Å²) in [7, 11) is 0. The van der Waals surface area contributed by atoms with Gasteiger partial charge in [-0.2, -0.15) is 0 Å². The number of para-hydroxylation sites is 1. The molecule has 27 heavy (non-hydrogen) atoms. The number of anilines is 1. The Hall–Kier alpha value is -2.33. The largest absolute Gasteiger partial charge is 0.371 e. The molecule has 1 amide bonds. The third kappa shape index (κ3) is 4.69. The predicted molar refractivity (Wildman–Crippen MR) is 112 cm³/mol. The quantitative estimate of drug-likeness (QED) is 0.768. The molecule has 1 atom stereocenters. The molecule has 1 heterocycles. The first-order valence-corrected chi connectivity index (χ1v) is 10.1. The van der Waals surface area contributed by atoms with E-state index >= 15 is 0 Å². The second kappa shape index (κ2) is 9.56. The lowest BCUT2D eigenvalue weighted by atomic mass is 10.0. The maximum absolute atomic E-state index is 13.1. The molecule has 0 aromatic heterocycles. The summed E-state index contributed by atoms with van der Waals surface area (Å²) in [5.74, 6) is 0.0705. The molecule has 0 spiro atoms. The molecular weight excluding hydrogens is 334 g/mol. The van der Waals surface area contributed by atoms with E-state index in [4.69, 9.17) is 0 Å². The van der Waals surface area contributed by atoms with Gasteiger partial charge in [-0.05, 0) is 43.1 Å². The lowest BCUT2D eigenvalue weighted by Gasteiger charge is -2.29. The first-order chi connectivity index (χ1) is 13.2. The fraction of sp³-hybridized carbons (Fsp3) is 0.435. The number of amides is 1. The molecule has 1 N–H and O–H groups in total. The Morgan fingerprint density at radius 2 is 1.63 bits per heavy atom. The van der Waals surface area contributed by atoms with Crippen molar-refractivity contribution < 1.29 is 4.79 Å². The van der Waals surface area contributed by atoms with Crippen molar-refractivity contribution in [2.24, 2.45) is 0 Å². The van der Waals surface area contributed by atoms with Gasteiger partial charge in [0.1, 0.15) is 6.04 Å². The zero-order valence-corrected chi connectivity index (χ0v) is 16.5. The molecule has 0 bridgehead atoms. The van der Waals surface area contributed by atoms with Crippen molar-refractivity contribution in [1.82, 2.24) is 10.2 Å². The molecule has 0 aliphatic carbocycles. The topological polar surface area (TPSA) is 35.6 Å². The average Bonchev–Trinajstić information content (AvgIpc) is 3.25. The molecular formula is C23H31N3O. The van der Waals surface area contributed by atoms with E-state index in [9.17, 15) is 4.79 Å². The van der Waals surface area contributed by atoms with Crippen LogP contribution in [0.3, 0.4) is 0 Å². The number of likely N-dealkylation sites (N-methyl/N-ethyl adjacent to an activating group) is 1. The zero-order chi connectivity index (χ0) is 19.1. The third-order valence-electron chi connectivity index (χ3n) is 5.43. The van der Waals surface area contributed by atoms with E-state index in [1.54, 1.807) is 0 Å². The monoisotopic (exact) mass is 365 g/mol. The smallest absolute Gasteiger partial charge is 0.242 e. The fourth-order valence-electron chi connectivity index (χ4n) is 3.96. The van der Waals surface area contributed by atoms with Crippen LogP contribution in [0.15, 0.2) is 54.6 Å². The van der Waals surface area contributed by atoms with Crippen molar-refractivity contribution in [1.29, 1.82) is 0 Å². The van der Waals surface area contributed by atoms with Crippen LogP contribution >= 0.6 is 0 Å². The van der Waals surface area contributed by atoms with E-state index in [0.717, 1.165) is 31.7 Å². The molecule has 2 aromatic carbocycles. The van der Waals surface area contributed by atoms with Crippen molar-refractivity contribution in [2.45, 2.75) is 39.3 Å². The van der Waals surface area contributed by atoms with E-state index in [2.05, 4.69) is 53.2 Å². The Balaban J connectivity index is 1.75. The number of rotatable bonds is 8. The minimum atomic E-state index is -0.250. The second-order valence-electron chi connectivity index (χ2n) is 7.08. The highest BCUT2D eigenvalue weighted by Gasteiger charge is 2.26. The normalized spacial score (nSPS) is 15.1. The summed E-state index contributed by atoms with van der Waals surface area (Å²) >= 11 is 0. The molecule has 1 aliphatic rings. The number of nitrogens with zero attached hydrogens (tertiary/aromatic N) is 2. The van der Waals surface area contributed by atoms with Crippen LogP contribution in [0.1, 0.15) is 43.9 Å². The Labute approximate surface area is 163 Å². The highest BCUT2D eigenvalue weighted by Crippen LogP contribution is 2.25. The SMILES string of the molecule is CCN(CC)C(C(=O)NCc1ccccc1N1CCCC1)c1ccccc1. The van der Waals surface area contributed by atoms with Crippen molar-refractivity contribution in [3.05, 3.63) is 65.7 Å². The summed E-state index contributed by atoms with van der Waals surface area (Å²) in [5.41, 5.74) is 3.50. The molecule has 2 aromatic rings. The fourth-order valence-corrected chi connectivity index (χ4v) is 3.96. The Morgan fingerprint density at radius 1 is 1.00 bits per heavy atom. The van der Waals surface area contributed by atoms with Crippen LogP contribution in [0.2, 0.25) is 0 Å². The van der Waals surface area contributed by atoms with Gasteiger partial charge in [-0.3, -0.25) is 9.69 Å². The van der Waals surface area contributed by atoms with Gasteiger partial charge >= 0.3 is 0 Å². The van der Waals surface area contributed by atoms with Crippen molar-refractivity contribution in [3.8, 4) is 0 Å². The molecule has 1 unspecified atom stereocenters. The van der Waals surface area contributed by atoms with Gasteiger partial charge in [0.05, 0.1) is 0 Å². The van der Waals surface area contributed by atoms with Crippen molar-refractivity contribution >= 4 is 11.6 Å². The standard InChI is InChI=1S/C23H31N3O/c1-3-25(4-2)22(19-12-6-5-7-13-19)23(27)24-18-20-14-8-9-15-21(20)26-16-10-11-17-26/h5-9,12-15,22H,3-4,10-11,16-18H2,1-2H3,(H,24,27). The predicted octanol–water partition coefficient (Wildman–Crippen LogP) is 3.99. The van der Waals surface area contributed by atoms with E-state index in [1.807, 2.05) is 30.3 Å². The van der Waals surface area contributed by atoms with Gasteiger partial charge in [-0.25, -0.2) is 0 Å². The lowest BCUT2D eigenvalue weighted by molar-refractivity contribution is -0.126. The average molecular weight is 366 g/mol. The lowest BCUT2D eigenvalue weighted by Crippen LogP contribution is -2.40. The highest BCUT2D eigenvalue weighted by molar-refractivity contribution is 5.83. The Kier molecular flexibility index (Phi) is 6.88. The summed E-state index contributed by atoms with van der Waals surface area (Å²) in [6.45, 7) is 8.68. The van der Waals surface area contributed by atoms with E-state index in [1.165, 1.54) is 24.1 Å². The molecule has 1 saturated heterocycles. The maximum atomic E-state index is 13.1. The van der Waals surface area contributed by atoms with Gasteiger partial charge in [0.15, 0.2) is 0 Å². The Bertz CT molecular complexity index is 721. The van der Waals surface area contributed by atoms with E-state index in [-0.39, 0.29) is 11.9 Å². The number of carbonyl (C=O) groups is 1. The molecule has 0 saturated carbocycles. The highest BCUT2D eigenvalue weighted by atomic mass is 16.2. The third-order valence-corrected chi connectivity index (χ3v) is 5.43. The number of hydrogen-bond donors (Lipinski definition) is 1. The number of benzene rings is 2. The van der Waals surface area contributed by atoms with Crippen LogP contribution in [0.25, 0.3) is 0 Å². The van der Waals surface area contributed by atoms with E-state index < -0.39 is 0 Å². The van der Waals surface area contributed by atoms with Crippen LogP contribution in [0.4, 0.5) is 5.69 Å².